The molecule has 1 aliphatic heterocycles. The van der Waals surface area contributed by atoms with Gasteiger partial charge < -0.3 is 14.8 Å². The Morgan fingerprint density at radius 1 is 1.08 bits per heavy atom. The molecule has 2 aliphatic rings. The van der Waals surface area contributed by atoms with Crippen LogP contribution in [0.25, 0.3) is 0 Å². The number of piperidine rings is 1. The molecule has 2 rings (SSSR count). The van der Waals surface area contributed by atoms with Crippen molar-refractivity contribution in [1.29, 1.82) is 0 Å². The monoisotopic (exact) mass is 354 g/mol. The van der Waals surface area contributed by atoms with E-state index in [-0.39, 0.29) is 18.0 Å². The van der Waals surface area contributed by atoms with Gasteiger partial charge in [0.25, 0.3) is 0 Å². The van der Waals surface area contributed by atoms with Crippen LogP contribution in [0, 0.1) is 5.92 Å². The summed E-state index contributed by atoms with van der Waals surface area (Å²) >= 11 is 0. The van der Waals surface area contributed by atoms with Crippen molar-refractivity contribution in [3.8, 4) is 0 Å². The van der Waals surface area contributed by atoms with Gasteiger partial charge in [0.1, 0.15) is 0 Å². The van der Waals surface area contributed by atoms with Gasteiger partial charge in [0.05, 0.1) is 25.9 Å². The van der Waals surface area contributed by atoms with Gasteiger partial charge in [0.15, 0.2) is 0 Å². The fraction of sp³-hybridized carbons (Fsp3) is 0.895. The molecule has 1 saturated carbocycles. The molecule has 1 amide bonds. The Kier molecular flexibility index (Phi) is 9.26. The minimum absolute atomic E-state index is 0.150. The molecule has 1 saturated heterocycles. The van der Waals surface area contributed by atoms with Crippen LogP contribution in [-0.4, -0.2) is 62.3 Å². The van der Waals surface area contributed by atoms with Gasteiger partial charge in [-0.2, -0.15) is 0 Å². The Balaban J connectivity index is 1.48. The lowest BCUT2D eigenvalue weighted by Gasteiger charge is -2.31. The number of likely N-dealkylation sites (tertiary alicyclic amines) is 1. The fourth-order valence-corrected chi connectivity index (χ4v) is 3.76. The molecule has 0 aromatic carbocycles. The molecule has 1 aliphatic carbocycles. The van der Waals surface area contributed by atoms with E-state index in [0.29, 0.717) is 38.6 Å². The number of hydrogen-bond donors (Lipinski definition) is 1. The van der Waals surface area contributed by atoms with E-state index < -0.39 is 0 Å². The lowest BCUT2D eigenvalue weighted by atomic mass is 9.87. The van der Waals surface area contributed by atoms with Gasteiger partial charge in [-0.1, -0.05) is 19.3 Å². The molecule has 25 heavy (non-hydrogen) atoms. The Morgan fingerprint density at radius 2 is 1.80 bits per heavy atom. The van der Waals surface area contributed by atoms with E-state index in [1.54, 1.807) is 0 Å². The van der Waals surface area contributed by atoms with E-state index in [2.05, 4.69) is 10.2 Å². The van der Waals surface area contributed by atoms with Gasteiger partial charge >= 0.3 is 5.97 Å². The molecule has 0 aromatic rings. The molecule has 144 valence electrons. The van der Waals surface area contributed by atoms with Gasteiger partial charge in [0.2, 0.25) is 5.91 Å². The Hall–Kier alpha value is -1.14. The Morgan fingerprint density at radius 3 is 2.48 bits per heavy atom. The summed E-state index contributed by atoms with van der Waals surface area (Å²) in [7, 11) is 0. The SMILES string of the molecule is CCOC(=O)CN1CCC(OCCNC(=O)CC2CCCCC2)CC1. The third-order valence-corrected chi connectivity index (χ3v) is 5.17. The average Bonchev–Trinajstić information content (AvgIpc) is 2.61. The van der Waals surface area contributed by atoms with E-state index in [1.807, 2.05) is 6.92 Å². The molecule has 0 unspecified atom stereocenters. The number of amides is 1. The van der Waals surface area contributed by atoms with E-state index in [0.717, 1.165) is 25.9 Å². The smallest absolute Gasteiger partial charge is 0.320 e. The number of hydrogen-bond acceptors (Lipinski definition) is 5. The molecule has 1 N–H and O–H groups in total. The summed E-state index contributed by atoms with van der Waals surface area (Å²) in [6.45, 7) is 5.51. The first-order valence-electron chi connectivity index (χ1n) is 9.93. The number of carbonyl (C=O) groups is 2. The van der Waals surface area contributed by atoms with Crippen molar-refractivity contribution >= 4 is 11.9 Å². The summed E-state index contributed by atoms with van der Waals surface area (Å²) < 4.78 is 10.8. The van der Waals surface area contributed by atoms with Crippen molar-refractivity contribution in [1.82, 2.24) is 10.2 Å². The number of esters is 1. The van der Waals surface area contributed by atoms with Gasteiger partial charge in [0, 0.05) is 26.1 Å². The van der Waals surface area contributed by atoms with E-state index >= 15 is 0 Å². The zero-order chi connectivity index (χ0) is 17.9. The third-order valence-electron chi connectivity index (χ3n) is 5.17. The molecule has 0 atom stereocenters. The van der Waals surface area contributed by atoms with Crippen molar-refractivity contribution in [2.24, 2.45) is 5.92 Å². The highest BCUT2D eigenvalue weighted by Gasteiger charge is 2.22. The molecule has 0 spiro atoms. The molecule has 6 heteroatoms. The van der Waals surface area contributed by atoms with Crippen LogP contribution in [0.3, 0.4) is 0 Å². The van der Waals surface area contributed by atoms with Crippen LogP contribution in [-0.2, 0) is 19.1 Å². The third kappa shape index (κ3) is 8.19. The number of carbonyl (C=O) groups excluding carboxylic acids is 2. The van der Waals surface area contributed by atoms with Gasteiger partial charge in [-0.05, 0) is 38.5 Å². The Bertz CT molecular complexity index is 402. The predicted molar refractivity (Wildman–Crippen MR) is 96.2 cm³/mol. The second kappa shape index (κ2) is 11.5. The summed E-state index contributed by atoms with van der Waals surface area (Å²) in [6.07, 6.45) is 9.03. The first-order chi connectivity index (χ1) is 12.2. The summed E-state index contributed by atoms with van der Waals surface area (Å²) in [6, 6.07) is 0. The summed E-state index contributed by atoms with van der Waals surface area (Å²) in [4.78, 5) is 25.5. The fourth-order valence-electron chi connectivity index (χ4n) is 3.76. The van der Waals surface area contributed by atoms with Gasteiger partial charge in [-0.25, -0.2) is 0 Å². The number of nitrogens with one attached hydrogen (secondary N) is 1. The molecule has 6 nitrogen and oxygen atoms in total. The lowest BCUT2D eigenvalue weighted by molar-refractivity contribution is -0.145. The normalized spacial score (nSPS) is 20.4. The molecule has 1 heterocycles. The molecule has 0 bridgehead atoms. The average molecular weight is 354 g/mol. The molecule has 0 radical (unpaired) electrons. The first kappa shape index (κ1) is 20.2. The molecule has 0 aromatic heterocycles. The first-order valence-corrected chi connectivity index (χ1v) is 9.93. The van der Waals surface area contributed by atoms with Crippen molar-refractivity contribution in [3.05, 3.63) is 0 Å². The number of ether oxygens (including phenoxy) is 2. The summed E-state index contributed by atoms with van der Waals surface area (Å²) in [5, 5.41) is 2.98. The van der Waals surface area contributed by atoms with Crippen LogP contribution in [0.4, 0.5) is 0 Å². The zero-order valence-corrected chi connectivity index (χ0v) is 15.6. The second-order valence-corrected chi connectivity index (χ2v) is 7.21. The standard InChI is InChI=1S/C19H34N2O4/c1-2-24-19(23)15-21-11-8-17(9-12-21)25-13-10-20-18(22)14-16-6-4-3-5-7-16/h16-17H,2-15H2,1H3,(H,20,22). The summed E-state index contributed by atoms with van der Waals surface area (Å²) in [5.41, 5.74) is 0. The van der Waals surface area contributed by atoms with Crippen LogP contribution in [0.1, 0.15) is 58.3 Å². The highest BCUT2D eigenvalue weighted by Crippen LogP contribution is 2.26. The Labute approximate surface area is 151 Å². The highest BCUT2D eigenvalue weighted by atomic mass is 16.5. The topological polar surface area (TPSA) is 67.9 Å². The molecule has 2 fully saturated rings. The maximum atomic E-state index is 11.9. The maximum absolute atomic E-state index is 11.9. The quantitative estimate of drug-likeness (QED) is 0.507. The van der Waals surface area contributed by atoms with E-state index in [9.17, 15) is 9.59 Å². The van der Waals surface area contributed by atoms with E-state index in [1.165, 1.54) is 32.1 Å². The highest BCUT2D eigenvalue weighted by molar-refractivity contribution is 5.76. The zero-order valence-electron chi connectivity index (χ0n) is 15.6. The van der Waals surface area contributed by atoms with E-state index in [4.69, 9.17) is 9.47 Å². The second-order valence-electron chi connectivity index (χ2n) is 7.21. The molecular weight excluding hydrogens is 320 g/mol. The predicted octanol–water partition coefficient (Wildman–Crippen LogP) is 2.12. The minimum atomic E-state index is -0.150. The van der Waals surface area contributed by atoms with Crippen molar-refractivity contribution in [2.75, 3.05) is 39.4 Å². The van der Waals surface area contributed by atoms with Crippen LogP contribution in [0.2, 0.25) is 0 Å². The lowest BCUT2D eigenvalue weighted by Crippen LogP contribution is -2.41. The largest absolute Gasteiger partial charge is 0.465 e. The summed E-state index contributed by atoms with van der Waals surface area (Å²) in [5.74, 6) is 0.598. The van der Waals surface area contributed by atoms with Crippen LogP contribution in [0.5, 0.6) is 0 Å². The molecular formula is C19H34N2O4. The number of rotatable bonds is 9. The van der Waals surface area contributed by atoms with Crippen molar-refractivity contribution in [2.45, 2.75) is 64.4 Å². The van der Waals surface area contributed by atoms with Crippen molar-refractivity contribution < 1.29 is 19.1 Å². The van der Waals surface area contributed by atoms with Crippen LogP contribution >= 0.6 is 0 Å². The van der Waals surface area contributed by atoms with Crippen LogP contribution < -0.4 is 5.32 Å². The van der Waals surface area contributed by atoms with Gasteiger partial charge in [-0.15, -0.1) is 0 Å². The van der Waals surface area contributed by atoms with Gasteiger partial charge in [-0.3, -0.25) is 14.5 Å². The van der Waals surface area contributed by atoms with Crippen LogP contribution in [0.15, 0.2) is 0 Å². The number of nitrogens with zero attached hydrogens (tertiary/aromatic N) is 1. The minimum Gasteiger partial charge on any atom is -0.465 e. The maximum Gasteiger partial charge on any atom is 0.320 e. The van der Waals surface area contributed by atoms with Crippen molar-refractivity contribution in [3.63, 3.8) is 0 Å².